The van der Waals surface area contributed by atoms with Gasteiger partial charge in [-0.1, -0.05) is 13.8 Å². The first-order chi connectivity index (χ1) is 7.50. The van der Waals surface area contributed by atoms with Crippen molar-refractivity contribution in [2.75, 3.05) is 6.54 Å². The summed E-state index contributed by atoms with van der Waals surface area (Å²) in [5, 5.41) is 12.9. The Kier molecular flexibility index (Phi) is 5.03. The van der Waals surface area contributed by atoms with Gasteiger partial charge in [0, 0.05) is 12.1 Å². The van der Waals surface area contributed by atoms with E-state index >= 15 is 0 Å². The second-order valence-electron chi connectivity index (χ2n) is 4.72. The molecule has 1 aromatic heterocycles. The van der Waals surface area contributed by atoms with E-state index in [1.165, 1.54) is 5.56 Å². The summed E-state index contributed by atoms with van der Waals surface area (Å²) in [7, 11) is 0. The molecule has 0 aliphatic rings. The van der Waals surface area contributed by atoms with E-state index in [4.69, 9.17) is 4.42 Å². The van der Waals surface area contributed by atoms with Crippen LogP contribution in [0, 0.1) is 19.8 Å². The van der Waals surface area contributed by atoms with Gasteiger partial charge in [0.05, 0.1) is 6.10 Å². The lowest BCUT2D eigenvalue weighted by Crippen LogP contribution is -2.23. The summed E-state index contributed by atoms with van der Waals surface area (Å²) < 4.78 is 5.44. The highest BCUT2D eigenvalue weighted by molar-refractivity contribution is 5.19. The summed E-state index contributed by atoms with van der Waals surface area (Å²) in [6, 6.07) is 2.06. The molecule has 1 atom stereocenters. The van der Waals surface area contributed by atoms with Gasteiger partial charge in [-0.15, -0.1) is 0 Å². The predicted octanol–water partition coefficient (Wildman–Crippen LogP) is 2.39. The van der Waals surface area contributed by atoms with Gasteiger partial charge in [-0.2, -0.15) is 0 Å². The molecular formula is C13H23NO2. The lowest BCUT2D eigenvalue weighted by Gasteiger charge is -2.14. The fourth-order valence-corrected chi connectivity index (χ4v) is 1.67. The minimum absolute atomic E-state index is 0.209. The van der Waals surface area contributed by atoms with Crippen molar-refractivity contribution >= 4 is 0 Å². The zero-order valence-corrected chi connectivity index (χ0v) is 10.7. The molecule has 92 valence electrons. The molecule has 1 aromatic rings. The quantitative estimate of drug-likeness (QED) is 0.731. The van der Waals surface area contributed by atoms with Crippen LogP contribution in [0.25, 0.3) is 0 Å². The van der Waals surface area contributed by atoms with Gasteiger partial charge in [0.25, 0.3) is 0 Å². The Balaban J connectivity index is 2.23. The zero-order chi connectivity index (χ0) is 12.1. The van der Waals surface area contributed by atoms with Gasteiger partial charge in [0.1, 0.15) is 11.5 Å². The van der Waals surface area contributed by atoms with Crippen LogP contribution >= 0.6 is 0 Å². The summed E-state index contributed by atoms with van der Waals surface area (Å²) in [5.74, 6) is 2.27. The topological polar surface area (TPSA) is 45.4 Å². The molecule has 0 amide bonds. The molecule has 1 heterocycles. The normalized spacial score (nSPS) is 13.4. The molecule has 0 spiro atoms. The molecule has 3 heteroatoms. The summed E-state index contributed by atoms with van der Waals surface area (Å²) in [5.41, 5.74) is 1.21. The molecule has 2 N–H and O–H groups in total. The molecule has 0 aliphatic heterocycles. The Morgan fingerprint density at radius 3 is 2.56 bits per heavy atom. The number of hydrogen-bond donors (Lipinski definition) is 2. The smallest absolute Gasteiger partial charge is 0.105 e. The number of hydrogen-bond acceptors (Lipinski definition) is 3. The molecule has 1 unspecified atom stereocenters. The minimum atomic E-state index is -0.209. The molecule has 0 radical (unpaired) electrons. The van der Waals surface area contributed by atoms with Crippen molar-refractivity contribution in [3.63, 3.8) is 0 Å². The zero-order valence-electron chi connectivity index (χ0n) is 10.7. The van der Waals surface area contributed by atoms with Crippen LogP contribution in [0.1, 0.15) is 37.4 Å². The van der Waals surface area contributed by atoms with E-state index < -0.39 is 0 Å². The standard InChI is InChI=1S/C13H23NO2/c1-9(2)13(15)5-6-14-8-12-7-10(3)16-11(12)4/h7,9,13-15H,5-6,8H2,1-4H3. The Hall–Kier alpha value is -0.800. The van der Waals surface area contributed by atoms with E-state index in [2.05, 4.69) is 11.4 Å². The first kappa shape index (κ1) is 13.3. The maximum atomic E-state index is 9.62. The van der Waals surface area contributed by atoms with E-state index in [-0.39, 0.29) is 6.10 Å². The third-order valence-electron chi connectivity index (χ3n) is 2.85. The van der Waals surface area contributed by atoms with Crippen molar-refractivity contribution in [2.24, 2.45) is 5.92 Å². The highest BCUT2D eigenvalue weighted by Crippen LogP contribution is 2.13. The Morgan fingerprint density at radius 2 is 2.06 bits per heavy atom. The molecule has 3 nitrogen and oxygen atoms in total. The van der Waals surface area contributed by atoms with Crippen LogP contribution in [0.2, 0.25) is 0 Å². The van der Waals surface area contributed by atoms with Gasteiger partial charge in [-0.25, -0.2) is 0 Å². The number of aryl methyl sites for hydroxylation is 2. The summed E-state index contributed by atoms with van der Waals surface area (Å²) in [6.45, 7) is 9.66. The first-order valence-corrected chi connectivity index (χ1v) is 5.95. The molecule has 0 bridgehead atoms. The molecular weight excluding hydrogens is 202 g/mol. The average molecular weight is 225 g/mol. The van der Waals surface area contributed by atoms with Crippen LogP contribution in [-0.4, -0.2) is 17.8 Å². The first-order valence-electron chi connectivity index (χ1n) is 5.95. The molecule has 16 heavy (non-hydrogen) atoms. The summed E-state index contributed by atoms with van der Waals surface area (Å²) in [6.07, 6.45) is 0.591. The second kappa shape index (κ2) is 6.06. The Labute approximate surface area is 97.9 Å². The highest BCUT2D eigenvalue weighted by Gasteiger charge is 2.08. The van der Waals surface area contributed by atoms with Gasteiger partial charge in [0.2, 0.25) is 0 Å². The van der Waals surface area contributed by atoms with Crippen LogP contribution in [0.5, 0.6) is 0 Å². The van der Waals surface area contributed by atoms with Crippen molar-refractivity contribution in [3.8, 4) is 0 Å². The monoisotopic (exact) mass is 225 g/mol. The number of furan rings is 1. The Bertz CT molecular complexity index is 318. The number of rotatable bonds is 6. The molecule has 0 aromatic carbocycles. The molecule has 0 fully saturated rings. The minimum Gasteiger partial charge on any atom is -0.466 e. The van der Waals surface area contributed by atoms with Crippen molar-refractivity contribution in [3.05, 3.63) is 23.2 Å². The van der Waals surface area contributed by atoms with Gasteiger partial charge >= 0.3 is 0 Å². The van der Waals surface area contributed by atoms with Crippen LogP contribution in [0.4, 0.5) is 0 Å². The van der Waals surface area contributed by atoms with E-state index in [0.29, 0.717) is 5.92 Å². The maximum Gasteiger partial charge on any atom is 0.105 e. The van der Waals surface area contributed by atoms with Gasteiger partial charge < -0.3 is 14.8 Å². The van der Waals surface area contributed by atoms with Crippen LogP contribution in [0.15, 0.2) is 10.5 Å². The van der Waals surface area contributed by atoms with Crippen LogP contribution in [-0.2, 0) is 6.54 Å². The number of aliphatic hydroxyl groups excluding tert-OH is 1. The predicted molar refractivity (Wildman–Crippen MR) is 65.4 cm³/mol. The van der Waals surface area contributed by atoms with Gasteiger partial charge in [-0.3, -0.25) is 0 Å². The van der Waals surface area contributed by atoms with Crippen LogP contribution in [0.3, 0.4) is 0 Å². The maximum absolute atomic E-state index is 9.62. The van der Waals surface area contributed by atoms with E-state index in [9.17, 15) is 5.11 Å². The van der Waals surface area contributed by atoms with E-state index in [0.717, 1.165) is 31.0 Å². The van der Waals surface area contributed by atoms with Crippen molar-refractivity contribution < 1.29 is 9.52 Å². The van der Waals surface area contributed by atoms with Crippen molar-refractivity contribution in [2.45, 2.75) is 46.8 Å². The average Bonchev–Trinajstić information content (AvgIpc) is 2.51. The summed E-state index contributed by atoms with van der Waals surface area (Å²) in [4.78, 5) is 0. The van der Waals surface area contributed by atoms with Gasteiger partial charge in [0.15, 0.2) is 0 Å². The van der Waals surface area contributed by atoms with E-state index in [1.807, 2.05) is 27.7 Å². The third-order valence-corrected chi connectivity index (χ3v) is 2.85. The molecule has 0 saturated carbocycles. The highest BCUT2D eigenvalue weighted by atomic mass is 16.3. The third kappa shape index (κ3) is 3.99. The van der Waals surface area contributed by atoms with Crippen LogP contribution < -0.4 is 5.32 Å². The fraction of sp³-hybridized carbons (Fsp3) is 0.692. The van der Waals surface area contributed by atoms with Crippen molar-refractivity contribution in [1.82, 2.24) is 5.32 Å². The SMILES string of the molecule is Cc1cc(CNCCC(O)C(C)C)c(C)o1. The largest absolute Gasteiger partial charge is 0.466 e. The fourth-order valence-electron chi connectivity index (χ4n) is 1.67. The van der Waals surface area contributed by atoms with Crippen molar-refractivity contribution in [1.29, 1.82) is 0 Å². The second-order valence-corrected chi connectivity index (χ2v) is 4.72. The summed E-state index contributed by atoms with van der Waals surface area (Å²) >= 11 is 0. The Morgan fingerprint density at radius 1 is 1.38 bits per heavy atom. The van der Waals surface area contributed by atoms with E-state index in [1.54, 1.807) is 0 Å². The lowest BCUT2D eigenvalue weighted by molar-refractivity contribution is 0.116. The number of nitrogens with one attached hydrogen (secondary N) is 1. The molecule has 0 saturated heterocycles. The molecule has 1 rings (SSSR count). The van der Waals surface area contributed by atoms with Gasteiger partial charge in [-0.05, 0) is 38.8 Å². The lowest BCUT2D eigenvalue weighted by atomic mass is 10.0. The molecule has 0 aliphatic carbocycles. The number of aliphatic hydroxyl groups is 1.